The molecular formula is C10H16N2O2S. The molecule has 0 saturated carbocycles. The molecule has 4 nitrogen and oxygen atoms in total. The Bertz CT molecular complexity index is 312. The van der Waals surface area contributed by atoms with Crippen molar-refractivity contribution in [2.24, 2.45) is 0 Å². The molecule has 0 spiro atoms. The van der Waals surface area contributed by atoms with E-state index in [1.165, 1.54) is 7.11 Å². The number of methoxy groups -OCH3 is 1. The van der Waals surface area contributed by atoms with Gasteiger partial charge in [-0.2, -0.15) is 0 Å². The van der Waals surface area contributed by atoms with Crippen LogP contribution in [0.1, 0.15) is 17.1 Å². The van der Waals surface area contributed by atoms with E-state index in [2.05, 4.69) is 10.3 Å². The first-order valence-electron chi connectivity index (χ1n) is 4.89. The predicted molar refractivity (Wildman–Crippen MR) is 60.1 cm³/mol. The molecule has 0 aliphatic carbocycles. The Labute approximate surface area is 93.7 Å². The van der Waals surface area contributed by atoms with E-state index in [9.17, 15) is 4.79 Å². The van der Waals surface area contributed by atoms with Crippen molar-refractivity contribution in [1.29, 1.82) is 0 Å². The van der Waals surface area contributed by atoms with Crippen LogP contribution in [-0.2, 0) is 16.0 Å². The number of amides is 1. The largest absolute Gasteiger partial charge is 0.375 e. The van der Waals surface area contributed by atoms with Crippen molar-refractivity contribution in [3.05, 3.63) is 16.1 Å². The van der Waals surface area contributed by atoms with Gasteiger partial charge in [0.1, 0.15) is 6.61 Å². The zero-order valence-electron chi connectivity index (χ0n) is 9.08. The van der Waals surface area contributed by atoms with Crippen LogP contribution in [0.5, 0.6) is 0 Å². The third-order valence-corrected chi connectivity index (χ3v) is 2.86. The monoisotopic (exact) mass is 228 g/mol. The Kier molecular flexibility index (Phi) is 5.28. The second-order valence-corrected chi connectivity index (χ2v) is 4.21. The van der Waals surface area contributed by atoms with Gasteiger partial charge in [0.2, 0.25) is 5.91 Å². The van der Waals surface area contributed by atoms with Gasteiger partial charge >= 0.3 is 0 Å². The van der Waals surface area contributed by atoms with Gasteiger partial charge in [-0.1, -0.05) is 0 Å². The zero-order valence-corrected chi connectivity index (χ0v) is 9.89. The second-order valence-electron chi connectivity index (χ2n) is 3.27. The highest BCUT2D eigenvalue weighted by Gasteiger charge is 2.00. The van der Waals surface area contributed by atoms with E-state index in [-0.39, 0.29) is 12.5 Å². The normalized spacial score (nSPS) is 10.3. The predicted octanol–water partition coefficient (Wildman–Crippen LogP) is 1.15. The van der Waals surface area contributed by atoms with E-state index in [1.54, 1.807) is 11.3 Å². The van der Waals surface area contributed by atoms with E-state index in [1.807, 2.05) is 12.3 Å². The summed E-state index contributed by atoms with van der Waals surface area (Å²) < 4.78 is 4.70. The van der Waals surface area contributed by atoms with Crippen LogP contribution in [0.3, 0.4) is 0 Å². The molecule has 1 aromatic heterocycles. The van der Waals surface area contributed by atoms with Gasteiger partial charge in [-0.25, -0.2) is 4.98 Å². The first-order chi connectivity index (χ1) is 7.22. The summed E-state index contributed by atoms with van der Waals surface area (Å²) in [5.74, 6) is -0.0622. The third-order valence-electron chi connectivity index (χ3n) is 1.83. The standard InChI is InChI=1S/C10H16N2O2S/c1-8-7-15-10(12-8)4-3-5-11-9(13)6-14-2/h7H,3-6H2,1-2H3,(H,11,13). The van der Waals surface area contributed by atoms with Gasteiger partial charge < -0.3 is 10.1 Å². The van der Waals surface area contributed by atoms with E-state index in [0.717, 1.165) is 23.5 Å². The molecule has 15 heavy (non-hydrogen) atoms. The number of carbonyl (C=O) groups excluding carboxylic acids is 1. The minimum atomic E-state index is -0.0622. The first kappa shape index (κ1) is 12.1. The Balaban J connectivity index is 2.09. The number of thiazole rings is 1. The summed E-state index contributed by atoms with van der Waals surface area (Å²) in [6.45, 7) is 2.80. The summed E-state index contributed by atoms with van der Waals surface area (Å²) in [4.78, 5) is 15.4. The minimum absolute atomic E-state index is 0.0622. The summed E-state index contributed by atoms with van der Waals surface area (Å²) in [5, 5.41) is 5.95. The lowest BCUT2D eigenvalue weighted by molar-refractivity contribution is -0.124. The number of hydrogen-bond donors (Lipinski definition) is 1. The quantitative estimate of drug-likeness (QED) is 0.743. The minimum Gasteiger partial charge on any atom is -0.375 e. The number of carbonyl (C=O) groups is 1. The highest BCUT2D eigenvalue weighted by atomic mass is 32.1. The van der Waals surface area contributed by atoms with Crippen molar-refractivity contribution in [3.63, 3.8) is 0 Å². The summed E-state index contributed by atoms with van der Waals surface area (Å²) in [6, 6.07) is 0. The van der Waals surface area contributed by atoms with Crippen LogP contribution >= 0.6 is 11.3 Å². The van der Waals surface area contributed by atoms with Crippen LogP contribution in [0.2, 0.25) is 0 Å². The van der Waals surface area contributed by atoms with Crippen molar-refractivity contribution in [2.75, 3.05) is 20.3 Å². The van der Waals surface area contributed by atoms with E-state index >= 15 is 0 Å². The molecule has 0 aliphatic rings. The van der Waals surface area contributed by atoms with Crippen molar-refractivity contribution in [3.8, 4) is 0 Å². The Hall–Kier alpha value is -0.940. The van der Waals surface area contributed by atoms with Gasteiger partial charge in [-0.15, -0.1) is 11.3 Å². The number of nitrogens with zero attached hydrogens (tertiary/aromatic N) is 1. The topological polar surface area (TPSA) is 51.2 Å². The van der Waals surface area contributed by atoms with Crippen LogP contribution in [0.25, 0.3) is 0 Å². The molecule has 0 bridgehead atoms. The van der Waals surface area contributed by atoms with Gasteiger partial charge in [0.05, 0.1) is 5.01 Å². The van der Waals surface area contributed by atoms with E-state index in [0.29, 0.717) is 6.54 Å². The Morgan fingerprint density at radius 3 is 3.07 bits per heavy atom. The average molecular weight is 228 g/mol. The second kappa shape index (κ2) is 6.53. The molecule has 0 aliphatic heterocycles. The van der Waals surface area contributed by atoms with Crippen molar-refractivity contribution < 1.29 is 9.53 Å². The molecule has 1 rings (SSSR count). The lowest BCUT2D eigenvalue weighted by Crippen LogP contribution is -2.28. The fourth-order valence-corrected chi connectivity index (χ4v) is 1.99. The Morgan fingerprint density at radius 2 is 2.47 bits per heavy atom. The molecule has 1 heterocycles. The fraction of sp³-hybridized carbons (Fsp3) is 0.600. The molecular weight excluding hydrogens is 212 g/mol. The van der Waals surface area contributed by atoms with Crippen LogP contribution in [-0.4, -0.2) is 31.2 Å². The molecule has 0 radical (unpaired) electrons. The average Bonchev–Trinajstić information content (AvgIpc) is 2.60. The molecule has 5 heteroatoms. The summed E-state index contributed by atoms with van der Waals surface area (Å²) in [5.41, 5.74) is 1.07. The zero-order chi connectivity index (χ0) is 11.1. The SMILES string of the molecule is COCC(=O)NCCCc1nc(C)cs1. The molecule has 84 valence electrons. The van der Waals surface area contributed by atoms with Gasteiger partial charge in [0.15, 0.2) is 0 Å². The lowest BCUT2D eigenvalue weighted by atomic mass is 10.3. The summed E-state index contributed by atoms with van der Waals surface area (Å²) in [6.07, 6.45) is 1.84. The number of rotatable bonds is 6. The lowest BCUT2D eigenvalue weighted by Gasteiger charge is -2.02. The van der Waals surface area contributed by atoms with Crippen molar-refractivity contribution in [2.45, 2.75) is 19.8 Å². The van der Waals surface area contributed by atoms with E-state index in [4.69, 9.17) is 4.74 Å². The maximum Gasteiger partial charge on any atom is 0.245 e. The highest BCUT2D eigenvalue weighted by molar-refractivity contribution is 7.09. The fourth-order valence-electron chi connectivity index (χ4n) is 1.17. The third kappa shape index (κ3) is 4.90. The maximum atomic E-state index is 11.0. The Morgan fingerprint density at radius 1 is 1.67 bits per heavy atom. The number of hydrogen-bond acceptors (Lipinski definition) is 4. The van der Waals surface area contributed by atoms with Crippen molar-refractivity contribution in [1.82, 2.24) is 10.3 Å². The smallest absolute Gasteiger partial charge is 0.245 e. The highest BCUT2D eigenvalue weighted by Crippen LogP contribution is 2.10. The number of ether oxygens (including phenoxy) is 1. The van der Waals surface area contributed by atoms with E-state index < -0.39 is 0 Å². The van der Waals surface area contributed by atoms with Gasteiger partial charge in [-0.05, 0) is 13.3 Å². The molecule has 0 aromatic carbocycles. The number of aryl methyl sites for hydroxylation is 2. The van der Waals surface area contributed by atoms with Gasteiger partial charge in [0.25, 0.3) is 0 Å². The van der Waals surface area contributed by atoms with Crippen LogP contribution in [0, 0.1) is 6.92 Å². The van der Waals surface area contributed by atoms with Crippen LogP contribution < -0.4 is 5.32 Å². The molecule has 0 fully saturated rings. The first-order valence-corrected chi connectivity index (χ1v) is 5.77. The van der Waals surface area contributed by atoms with Gasteiger partial charge in [0, 0.05) is 31.1 Å². The maximum absolute atomic E-state index is 11.0. The summed E-state index contributed by atoms with van der Waals surface area (Å²) in [7, 11) is 1.51. The van der Waals surface area contributed by atoms with Crippen molar-refractivity contribution >= 4 is 17.2 Å². The molecule has 1 amide bonds. The van der Waals surface area contributed by atoms with Crippen LogP contribution in [0.15, 0.2) is 5.38 Å². The molecule has 1 aromatic rings. The number of aromatic nitrogens is 1. The number of nitrogens with one attached hydrogen (secondary N) is 1. The molecule has 0 unspecified atom stereocenters. The molecule has 0 saturated heterocycles. The van der Waals surface area contributed by atoms with Crippen LogP contribution in [0.4, 0.5) is 0 Å². The van der Waals surface area contributed by atoms with Gasteiger partial charge in [-0.3, -0.25) is 4.79 Å². The molecule has 1 N–H and O–H groups in total. The summed E-state index contributed by atoms with van der Waals surface area (Å²) >= 11 is 1.67. The molecule has 0 atom stereocenters.